The summed E-state index contributed by atoms with van der Waals surface area (Å²) in [7, 11) is -3.44. The molecule has 5 nitrogen and oxygen atoms in total. The molecule has 0 N–H and O–H groups in total. The molecule has 2 aliphatic heterocycles. The number of rotatable bonds is 5. The predicted molar refractivity (Wildman–Crippen MR) is 118 cm³/mol. The second-order valence-corrected chi connectivity index (χ2v) is 9.56. The van der Waals surface area contributed by atoms with E-state index >= 15 is 0 Å². The summed E-state index contributed by atoms with van der Waals surface area (Å²) in [5.74, 6) is 0. The third-order valence-corrected chi connectivity index (χ3v) is 7.87. The minimum atomic E-state index is -3.44. The van der Waals surface area contributed by atoms with Crippen LogP contribution in [0.5, 0.6) is 0 Å². The average Bonchev–Trinajstić information content (AvgIpc) is 2.98. The number of nitrogens with zero attached hydrogens (tertiary/aromatic N) is 3. The van der Waals surface area contributed by atoms with Gasteiger partial charge < -0.3 is 4.90 Å². The van der Waals surface area contributed by atoms with Gasteiger partial charge in [0, 0.05) is 50.3 Å². The number of hydrogen-bond donors (Lipinski definition) is 0. The van der Waals surface area contributed by atoms with Crippen LogP contribution in [0.4, 0.5) is 11.4 Å². The topological polar surface area (TPSA) is 43.9 Å². The van der Waals surface area contributed by atoms with E-state index in [0.717, 1.165) is 55.6 Å². The van der Waals surface area contributed by atoms with Gasteiger partial charge in [0.25, 0.3) is 10.0 Å². The molecular weight excluding hydrogens is 382 g/mol. The first-order chi connectivity index (χ1) is 14.1. The molecule has 29 heavy (non-hydrogen) atoms. The third-order valence-electron chi connectivity index (χ3n) is 6.01. The zero-order chi connectivity index (χ0) is 19.8. The molecule has 2 heterocycles. The molecule has 3 aromatic rings. The van der Waals surface area contributed by atoms with Crippen LogP contribution in [0.1, 0.15) is 6.42 Å². The Morgan fingerprint density at radius 3 is 2.24 bits per heavy atom. The maximum atomic E-state index is 13.1. The Bertz CT molecular complexity index is 1120. The van der Waals surface area contributed by atoms with Crippen molar-refractivity contribution in [1.82, 2.24) is 4.90 Å². The van der Waals surface area contributed by atoms with Crippen molar-refractivity contribution in [3.8, 4) is 0 Å². The van der Waals surface area contributed by atoms with E-state index in [-0.39, 0.29) is 0 Å². The van der Waals surface area contributed by atoms with Crippen LogP contribution in [0.2, 0.25) is 0 Å². The van der Waals surface area contributed by atoms with Crippen molar-refractivity contribution < 1.29 is 8.42 Å². The first kappa shape index (κ1) is 18.5. The largest absolute Gasteiger partial charge is 0.369 e. The molecule has 6 heteroatoms. The lowest BCUT2D eigenvalue weighted by Crippen LogP contribution is -2.47. The number of sulfonamides is 1. The highest BCUT2D eigenvalue weighted by Crippen LogP contribution is 2.41. The normalized spacial score (nSPS) is 18.5. The molecule has 0 atom stereocenters. The van der Waals surface area contributed by atoms with Crippen LogP contribution in [-0.2, 0) is 10.0 Å². The predicted octanol–water partition coefficient (Wildman–Crippen LogP) is 3.56. The van der Waals surface area contributed by atoms with Gasteiger partial charge >= 0.3 is 0 Å². The maximum absolute atomic E-state index is 13.1. The molecular formula is C23H25N3O2S. The quantitative estimate of drug-likeness (QED) is 0.649. The highest BCUT2D eigenvalue weighted by Gasteiger charge is 2.35. The Kier molecular flexibility index (Phi) is 4.68. The molecule has 5 rings (SSSR count). The molecule has 0 saturated carbocycles. The molecule has 1 saturated heterocycles. The van der Waals surface area contributed by atoms with Gasteiger partial charge in [0.2, 0.25) is 0 Å². The molecule has 3 aromatic carbocycles. The highest BCUT2D eigenvalue weighted by molar-refractivity contribution is 7.93. The summed E-state index contributed by atoms with van der Waals surface area (Å²) in [6.07, 6.45) is 0.828. The Labute approximate surface area is 172 Å². The van der Waals surface area contributed by atoms with Gasteiger partial charge in [0.1, 0.15) is 0 Å². The van der Waals surface area contributed by atoms with Gasteiger partial charge in [0.15, 0.2) is 0 Å². The van der Waals surface area contributed by atoms with Crippen molar-refractivity contribution in [2.24, 2.45) is 0 Å². The lowest BCUT2D eigenvalue weighted by molar-refractivity contribution is 0.256. The van der Waals surface area contributed by atoms with E-state index in [1.54, 1.807) is 10.4 Å². The van der Waals surface area contributed by atoms with E-state index in [1.165, 1.54) is 5.69 Å². The second-order valence-electron chi connectivity index (χ2n) is 7.73. The molecule has 150 valence electrons. The number of benzene rings is 3. The monoisotopic (exact) mass is 407 g/mol. The molecule has 0 aromatic heterocycles. The van der Waals surface area contributed by atoms with Gasteiger partial charge in [-0.15, -0.1) is 0 Å². The first-order valence-corrected chi connectivity index (χ1v) is 11.7. The van der Waals surface area contributed by atoms with Crippen molar-refractivity contribution in [2.45, 2.75) is 11.3 Å². The summed E-state index contributed by atoms with van der Waals surface area (Å²) in [4.78, 5) is 5.30. The van der Waals surface area contributed by atoms with E-state index in [0.29, 0.717) is 11.4 Å². The van der Waals surface area contributed by atoms with Gasteiger partial charge in [-0.1, -0.05) is 42.5 Å². The smallest absolute Gasteiger partial charge is 0.265 e. The van der Waals surface area contributed by atoms with Crippen LogP contribution >= 0.6 is 0 Å². The van der Waals surface area contributed by atoms with E-state index < -0.39 is 10.0 Å². The molecule has 1 fully saturated rings. The van der Waals surface area contributed by atoms with E-state index in [4.69, 9.17) is 0 Å². The van der Waals surface area contributed by atoms with Crippen molar-refractivity contribution in [3.05, 3.63) is 66.7 Å². The zero-order valence-electron chi connectivity index (χ0n) is 16.4. The summed E-state index contributed by atoms with van der Waals surface area (Å²) in [6.45, 7) is 5.48. The Morgan fingerprint density at radius 2 is 1.48 bits per heavy atom. The second kappa shape index (κ2) is 7.35. The first-order valence-electron chi connectivity index (χ1n) is 10.2. The minimum Gasteiger partial charge on any atom is -0.369 e. The molecule has 0 amide bonds. The van der Waals surface area contributed by atoms with Crippen LogP contribution < -0.4 is 9.21 Å². The number of para-hydroxylation sites is 1. The summed E-state index contributed by atoms with van der Waals surface area (Å²) in [5, 5.41) is 1.86. The molecule has 0 spiro atoms. The van der Waals surface area contributed by atoms with E-state index in [1.807, 2.05) is 36.4 Å². The number of piperazine rings is 1. The van der Waals surface area contributed by atoms with Gasteiger partial charge in [-0.2, -0.15) is 0 Å². The van der Waals surface area contributed by atoms with Crippen molar-refractivity contribution >= 4 is 32.2 Å². The number of hydrogen-bond acceptors (Lipinski definition) is 4. The lowest BCUT2D eigenvalue weighted by Gasteiger charge is -2.36. The molecule has 0 unspecified atom stereocenters. The fraction of sp³-hybridized carbons (Fsp3) is 0.304. The van der Waals surface area contributed by atoms with Crippen LogP contribution in [-0.4, -0.2) is 52.6 Å². The lowest BCUT2D eigenvalue weighted by atomic mass is 10.1. The maximum Gasteiger partial charge on any atom is 0.265 e. The van der Waals surface area contributed by atoms with E-state index in [2.05, 4.69) is 34.1 Å². The van der Waals surface area contributed by atoms with Gasteiger partial charge in [-0.25, -0.2) is 8.42 Å². The summed E-state index contributed by atoms with van der Waals surface area (Å²) < 4.78 is 27.7. The van der Waals surface area contributed by atoms with Crippen LogP contribution in [0, 0.1) is 0 Å². The molecule has 0 bridgehead atoms. The van der Waals surface area contributed by atoms with Crippen LogP contribution in [0.25, 0.3) is 10.8 Å². The van der Waals surface area contributed by atoms with Crippen LogP contribution in [0.15, 0.2) is 71.6 Å². The van der Waals surface area contributed by atoms with Gasteiger partial charge in [-0.05, 0) is 36.1 Å². The summed E-state index contributed by atoms with van der Waals surface area (Å²) >= 11 is 0. The zero-order valence-corrected chi connectivity index (χ0v) is 17.2. The standard InChI is InChI=1S/C23H25N3O2S/c27-29(28)22-12-5-8-19-7-4-11-21(23(19)22)26(29)14-6-13-24-15-17-25(18-16-24)20-9-2-1-3-10-20/h1-5,7-12H,6,13-18H2. The fourth-order valence-electron chi connectivity index (χ4n) is 4.51. The van der Waals surface area contributed by atoms with Crippen molar-refractivity contribution in [2.75, 3.05) is 48.5 Å². The SMILES string of the molecule is O=S1(=O)c2cccc3cccc(c23)N1CCCN1CCN(c2ccccc2)CC1. The van der Waals surface area contributed by atoms with Crippen molar-refractivity contribution in [3.63, 3.8) is 0 Å². The number of anilines is 2. The summed E-state index contributed by atoms with van der Waals surface area (Å²) in [5.41, 5.74) is 2.10. The van der Waals surface area contributed by atoms with E-state index in [9.17, 15) is 8.42 Å². The summed E-state index contributed by atoms with van der Waals surface area (Å²) in [6, 6.07) is 21.9. The van der Waals surface area contributed by atoms with Crippen molar-refractivity contribution in [1.29, 1.82) is 0 Å². The molecule has 0 radical (unpaired) electrons. The van der Waals surface area contributed by atoms with Gasteiger partial charge in [-0.3, -0.25) is 9.21 Å². The highest BCUT2D eigenvalue weighted by atomic mass is 32.2. The average molecular weight is 408 g/mol. The van der Waals surface area contributed by atoms with Crippen LogP contribution in [0.3, 0.4) is 0 Å². The Hall–Kier alpha value is -2.57. The fourth-order valence-corrected chi connectivity index (χ4v) is 6.25. The minimum absolute atomic E-state index is 0.446. The molecule has 2 aliphatic rings. The molecule has 0 aliphatic carbocycles. The Morgan fingerprint density at radius 1 is 0.759 bits per heavy atom. The van der Waals surface area contributed by atoms with Gasteiger partial charge in [0.05, 0.1) is 10.6 Å². The third kappa shape index (κ3) is 3.26. The Balaban J connectivity index is 1.22.